The monoisotopic (exact) mass is 416 g/mol. The van der Waals surface area contributed by atoms with Crippen molar-refractivity contribution in [3.05, 3.63) is 77.4 Å². The van der Waals surface area contributed by atoms with Crippen molar-refractivity contribution in [1.82, 2.24) is 5.32 Å². The van der Waals surface area contributed by atoms with E-state index in [0.29, 0.717) is 41.3 Å². The van der Waals surface area contributed by atoms with E-state index in [2.05, 4.69) is 11.4 Å². The van der Waals surface area contributed by atoms with Gasteiger partial charge in [0, 0.05) is 35.4 Å². The fourth-order valence-corrected chi connectivity index (χ4v) is 3.45. The van der Waals surface area contributed by atoms with Gasteiger partial charge in [-0.2, -0.15) is 5.26 Å². The first-order valence-corrected chi connectivity index (χ1v) is 9.78. The highest BCUT2D eigenvalue weighted by atomic mass is 16.5. The van der Waals surface area contributed by atoms with Crippen LogP contribution in [-0.4, -0.2) is 33.8 Å². The van der Waals surface area contributed by atoms with Crippen molar-refractivity contribution in [1.29, 1.82) is 5.26 Å². The first-order chi connectivity index (χ1) is 15.1. The molecule has 31 heavy (non-hydrogen) atoms. The van der Waals surface area contributed by atoms with Crippen LogP contribution in [0.3, 0.4) is 0 Å². The largest absolute Gasteiger partial charge is 0.496 e. The standard InChI is InChI=1S/C25H24N2O4/c1-29-18-14-23(30-2)22(24(15-18)31-3)12-13-27-25(28)21-11-7-6-10-20(21)19-9-5-4-8-17(19)16-26/h4-11,14-15H,12-13H2,1-3H3,(H,27,28). The van der Waals surface area contributed by atoms with E-state index in [9.17, 15) is 10.1 Å². The highest BCUT2D eigenvalue weighted by Crippen LogP contribution is 2.34. The smallest absolute Gasteiger partial charge is 0.251 e. The highest BCUT2D eigenvalue weighted by molar-refractivity contribution is 6.01. The number of carbonyl (C=O) groups is 1. The molecule has 0 radical (unpaired) electrons. The number of methoxy groups -OCH3 is 3. The molecular weight excluding hydrogens is 392 g/mol. The van der Waals surface area contributed by atoms with Crippen LogP contribution < -0.4 is 19.5 Å². The molecular formula is C25H24N2O4. The van der Waals surface area contributed by atoms with Crippen LogP contribution in [0.1, 0.15) is 21.5 Å². The molecule has 1 N–H and O–H groups in total. The van der Waals surface area contributed by atoms with Crippen molar-refractivity contribution in [2.24, 2.45) is 0 Å². The van der Waals surface area contributed by atoms with Crippen LogP contribution in [0, 0.1) is 11.3 Å². The summed E-state index contributed by atoms with van der Waals surface area (Å²) in [5, 5.41) is 12.4. The van der Waals surface area contributed by atoms with Crippen molar-refractivity contribution in [2.45, 2.75) is 6.42 Å². The summed E-state index contributed by atoms with van der Waals surface area (Å²) < 4.78 is 16.2. The molecule has 158 valence electrons. The maximum Gasteiger partial charge on any atom is 0.251 e. The Balaban J connectivity index is 1.80. The summed E-state index contributed by atoms with van der Waals surface area (Å²) in [5.41, 5.74) is 3.33. The molecule has 0 fully saturated rings. The Morgan fingerprint density at radius 1 is 0.903 bits per heavy atom. The van der Waals surface area contributed by atoms with Crippen molar-refractivity contribution in [3.63, 3.8) is 0 Å². The average Bonchev–Trinajstić information content (AvgIpc) is 2.83. The number of carbonyl (C=O) groups excluding carboxylic acids is 1. The van der Waals surface area contributed by atoms with E-state index in [4.69, 9.17) is 14.2 Å². The van der Waals surface area contributed by atoms with E-state index in [0.717, 1.165) is 16.7 Å². The number of nitrogens with one attached hydrogen (secondary N) is 1. The van der Waals surface area contributed by atoms with Gasteiger partial charge in [0.05, 0.1) is 33.0 Å². The zero-order chi connectivity index (χ0) is 22.2. The van der Waals surface area contributed by atoms with E-state index >= 15 is 0 Å². The lowest BCUT2D eigenvalue weighted by atomic mass is 9.95. The van der Waals surface area contributed by atoms with Crippen LogP contribution in [0.15, 0.2) is 60.7 Å². The van der Waals surface area contributed by atoms with Gasteiger partial charge in [-0.05, 0) is 24.1 Å². The zero-order valence-corrected chi connectivity index (χ0v) is 17.8. The minimum atomic E-state index is -0.213. The predicted molar refractivity (Wildman–Crippen MR) is 119 cm³/mol. The van der Waals surface area contributed by atoms with Crippen molar-refractivity contribution in [3.8, 4) is 34.4 Å². The summed E-state index contributed by atoms with van der Waals surface area (Å²) in [7, 11) is 4.74. The third-order valence-electron chi connectivity index (χ3n) is 4.99. The Hall–Kier alpha value is -3.98. The molecule has 6 nitrogen and oxygen atoms in total. The Kier molecular flexibility index (Phi) is 7.13. The summed E-state index contributed by atoms with van der Waals surface area (Å²) in [6, 6.07) is 20.3. The molecule has 0 aliphatic heterocycles. The van der Waals surface area contributed by atoms with E-state index in [1.54, 1.807) is 51.7 Å². The van der Waals surface area contributed by atoms with E-state index in [1.807, 2.05) is 30.3 Å². The second-order valence-corrected chi connectivity index (χ2v) is 6.72. The Bertz CT molecular complexity index is 1090. The third-order valence-corrected chi connectivity index (χ3v) is 4.99. The van der Waals surface area contributed by atoms with Crippen LogP contribution >= 0.6 is 0 Å². The average molecular weight is 416 g/mol. The second-order valence-electron chi connectivity index (χ2n) is 6.72. The Morgan fingerprint density at radius 3 is 2.13 bits per heavy atom. The summed E-state index contributed by atoms with van der Waals surface area (Å²) in [6.07, 6.45) is 0.513. The van der Waals surface area contributed by atoms with Crippen LogP contribution in [0.25, 0.3) is 11.1 Å². The van der Waals surface area contributed by atoms with Gasteiger partial charge < -0.3 is 19.5 Å². The number of nitrogens with zero attached hydrogens (tertiary/aromatic N) is 1. The van der Waals surface area contributed by atoms with Crippen LogP contribution in [0.5, 0.6) is 17.2 Å². The first-order valence-electron chi connectivity index (χ1n) is 9.78. The molecule has 3 aromatic carbocycles. The maximum absolute atomic E-state index is 13.0. The second kappa shape index (κ2) is 10.2. The van der Waals surface area contributed by atoms with E-state index < -0.39 is 0 Å². The summed E-state index contributed by atoms with van der Waals surface area (Å²) in [4.78, 5) is 13.0. The van der Waals surface area contributed by atoms with Gasteiger partial charge in [0.1, 0.15) is 17.2 Å². The topological polar surface area (TPSA) is 80.6 Å². The normalized spacial score (nSPS) is 10.1. The molecule has 3 rings (SSSR count). The molecule has 0 bridgehead atoms. The van der Waals surface area contributed by atoms with E-state index in [-0.39, 0.29) is 5.91 Å². The highest BCUT2D eigenvalue weighted by Gasteiger charge is 2.16. The number of hydrogen-bond acceptors (Lipinski definition) is 5. The van der Waals surface area contributed by atoms with Crippen molar-refractivity contribution < 1.29 is 19.0 Å². The first kappa shape index (κ1) is 21.7. The summed E-state index contributed by atoms with van der Waals surface area (Å²) >= 11 is 0. The third kappa shape index (κ3) is 4.78. The number of ether oxygens (including phenoxy) is 3. The zero-order valence-electron chi connectivity index (χ0n) is 17.8. The van der Waals surface area contributed by atoms with Gasteiger partial charge in [0.2, 0.25) is 0 Å². The van der Waals surface area contributed by atoms with Gasteiger partial charge in [0.15, 0.2) is 0 Å². The molecule has 0 aromatic heterocycles. The molecule has 0 spiro atoms. The summed E-state index contributed by atoms with van der Waals surface area (Å²) in [6.45, 7) is 0.381. The lowest BCUT2D eigenvalue weighted by Gasteiger charge is -2.16. The van der Waals surface area contributed by atoms with Crippen LogP contribution in [0.4, 0.5) is 0 Å². The molecule has 0 unspecified atom stereocenters. The molecule has 0 aliphatic carbocycles. The maximum atomic E-state index is 13.0. The van der Waals surface area contributed by atoms with Gasteiger partial charge >= 0.3 is 0 Å². The number of hydrogen-bond donors (Lipinski definition) is 1. The molecule has 1 amide bonds. The molecule has 0 heterocycles. The van der Waals surface area contributed by atoms with Crippen LogP contribution in [0.2, 0.25) is 0 Å². The van der Waals surface area contributed by atoms with Gasteiger partial charge in [-0.3, -0.25) is 4.79 Å². The van der Waals surface area contributed by atoms with Crippen molar-refractivity contribution >= 4 is 5.91 Å². The van der Waals surface area contributed by atoms with E-state index in [1.165, 1.54) is 0 Å². The molecule has 0 aliphatic rings. The molecule has 3 aromatic rings. The number of benzene rings is 3. The van der Waals surface area contributed by atoms with Gasteiger partial charge in [-0.25, -0.2) is 0 Å². The lowest BCUT2D eigenvalue weighted by molar-refractivity contribution is 0.0954. The van der Waals surface area contributed by atoms with Crippen LogP contribution in [-0.2, 0) is 6.42 Å². The van der Waals surface area contributed by atoms with Gasteiger partial charge in [-0.1, -0.05) is 36.4 Å². The van der Waals surface area contributed by atoms with Gasteiger partial charge in [0.25, 0.3) is 5.91 Å². The van der Waals surface area contributed by atoms with Gasteiger partial charge in [-0.15, -0.1) is 0 Å². The Morgan fingerprint density at radius 2 is 1.52 bits per heavy atom. The molecule has 0 saturated carbocycles. The number of rotatable bonds is 8. The fraction of sp³-hybridized carbons (Fsp3) is 0.200. The molecule has 0 saturated heterocycles. The Labute approximate surface area is 182 Å². The lowest BCUT2D eigenvalue weighted by Crippen LogP contribution is -2.26. The quantitative estimate of drug-likeness (QED) is 0.595. The molecule has 0 atom stereocenters. The van der Waals surface area contributed by atoms with Crippen molar-refractivity contribution in [2.75, 3.05) is 27.9 Å². The predicted octanol–water partition coefficient (Wildman–Crippen LogP) is 4.22. The minimum absolute atomic E-state index is 0.213. The fourth-order valence-electron chi connectivity index (χ4n) is 3.45. The summed E-state index contributed by atoms with van der Waals surface area (Å²) in [5.74, 6) is 1.68. The minimum Gasteiger partial charge on any atom is -0.496 e. The SMILES string of the molecule is COc1cc(OC)c(CCNC(=O)c2ccccc2-c2ccccc2C#N)c(OC)c1. The molecule has 6 heteroatoms. The number of nitriles is 1. The number of amides is 1.